The number of nitrogens with zero attached hydrogens (tertiary/aromatic N) is 4. The van der Waals surface area contributed by atoms with Crippen LogP contribution in [0, 0.1) is 10.1 Å². The zero-order valence-electron chi connectivity index (χ0n) is 18.0. The average Bonchev–Trinajstić information content (AvgIpc) is 2.85. The van der Waals surface area contributed by atoms with Crippen molar-refractivity contribution in [2.24, 2.45) is 0 Å². The Morgan fingerprint density at radius 1 is 1.03 bits per heavy atom. The first kappa shape index (κ1) is 23.1. The smallest absolute Gasteiger partial charge is 0.270 e. The van der Waals surface area contributed by atoms with E-state index in [9.17, 15) is 23.3 Å². The molecule has 4 rings (SSSR count). The molecule has 1 saturated heterocycles. The van der Waals surface area contributed by atoms with Gasteiger partial charge in [0.1, 0.15) is 0 Å². The van der Waals surface area contributed by atoms with Crippen molar-refractivity contribution in [3.05, 3.63) is 82.7 Å². The van der Waals surface area contributed by atoms with Crippen LogP contribution in [0.15, 0.2) is 71.9 Å². The fraction of sp³-hybridized carbons (Fsp3) is 0.227. The molecular weight excluding hydrogens is 460 g/mol. The number of carbonyl (C=O) groups is 1. The van der Waals surface area contributed by atoms with Gasteiger partial charge in [-0.05, 0) is 37.1 Å². The predicted octanol–water partition coefficient (Wildman–Crippen LogP) is 2.58. The summed E-state index contributed by atoms with van der Waals surface area (Å²) < 4.78 is 28.0. The van der Waals surface area contributed by atoms with E-state index in [0.717, 1.165) is 6.07 Å². The van der Waals surface area contributed by atoms with Gasteiger partial charge in [-0.15, -0.1) is 0 Å². The van der Waals surface area contributed by atoms with E-state index < -0.39 is 20.9 Å². The maximum Gasteiger partial charge on any atom is 0.270 e. The molecule has 0 bridgehead atoms. The molecule has 3 aromatic rings. The van der Waals surface area contributed by atoms with Gasteiger partial charge in [0.05, 0.1) is 21.1 Å². The molecule has 0 saturated carbocycles. The monoisotopic (exact) mass is 482 g/mol. The maximum atomic E-state index is 13.0. The summed E-state index contributed by atoms with van der Waals surface area (Å²) in [6, 6.07) is 12.6. The lowest BCUT2D eigenvalue weighted by atomic mass is 10.0. The summed E-state index contributed by atoms with van der Waals surface area (Å²) in [6.07, 6.45) is 4.74. The molecule has 176 valence electrons. The molecule has 1 fully saturated rings. The van der Waals surface area contributed by atoms with Crippen molar-refractivity contribution in [3.8, 4) is 0 Å². The number of rotatable bonds is 7. The third kappa shape index (κ3) is 5.29. The van der Waals surface area contributed by atoms with Gasteiger partial charge in [-0.2, -0.15) is 0 Å². The highest BCUT2D eigenvalue weighted by Crippen LogP contribution is 2.23. The van der Waals surface area contributed by atoms with E-state index in [1.54, 1.807) is 30.6 Å². The molecule has 0 radical (unpaired) electrons. The number of hydrogen-bond donors (Lipinski definition) is 2. The van der Waals surface area contributed by atoms with Crippen LogP contribution in [0.5, 0.6) is 0 Å². The Kier molecular flexibility index (Phi) is 6.68. The number of nitro benzene ring substituents is 1. The van der Waals surface area contributed by atoms with Crippen LogP contribution in [0.4, 0.5) is 17.3 Å². The third-order valence-electron chi connectivity index (χ3n) is 5.42. The fourth-order valence-electron chi connectivity index (χ4n) is 3.68. The van der Waals surface area contributed by atoms with Crippen molar-refractivity contribution in [1.29, 1.82) is 0 Å². The van der Waals surface area contributed by atoms with Crippen LogP contribution in [0.1, 0.15) is 23.2 Å². The highest BCUT2D eigenvalue weighted by molar-refractivity contribution is 7.92. The van der Waals surface area contributed by atoms with Crippen molar-refractivity contribution in [2.75, 3.05) is 22.7 Å². The number of non-ortho nitro benzene ring substituents is 1. The Morgan fingerprint density at radius 2 is 1.74 bits per heavy atom. The Morgan fingerprint density at radius 3 is 2.44 bits per heavy atom. The van der Waals surface area contributed by atoms with Crippen molar-refractivity contribution in [3.63, 3.8) is 0 Å². The number of carbonyl (C=O) groups excluding carboxylic acids is 1. The molecule has 0 unspecified atom stereocenters. The number of nitro groups is 1. The molecule has 0 atom stereocenters. The van der Waals surface area contributed by atoms with Crippen LogP contribution >= 0.6 is 0 Å². The van der Waals surface area contributed by atoms with Crippen molar-refractivity contribution >= 4 is 33.3 Å². The van der Waals surface area contributed by atoms with Crippen molar-refractivity contribution in [2.45, 2.75) is 23.8 Å². The molecule has 34 heavy (non-hydrogen) atoms. The SMILES string of the molecule is O=C(NC1CCN(c2ncccn2)CC1)c1ccccc1NS(=O)(=O)c1cccc([N+](=O)[O-])c1. The molecule has 12 heteroatoms. The second-order valence-corrected chi connectivity index (χ2v) is 9.37. The van der Waals surface area contributed by atoms with Crippen LogP contribution in [0.2, 0.25) is 0 Å². The van der Waals surface area contributed by atoms with Crippen LogP contribution in [0.25, 0.3) is 0 Å². The molecule has 11 nitrogen and oxygen atoms in total. The minimum atomic E-state index is -4.15. The number of anilines is 2. The lowest BCUT2D eigenvalue weighted by Gasteiger charge is -2.32. The van der Waals surface area contributed by atoms with Gasteiger partial charge in [-0.3, -0.25) is 19.6 Å². The minimum absolute atomic E-state index is 0.0848. The Labute approximate surface area is 196 Å². The largest absolute Gasteiger partial charge is 0.349 e. The lowest BCUT2D eigenvalue weighted by Crippen LogP contribution is -2.45. The number of hydrogen-bond acceptors (Lipinski definition) is 8. The van der Waals surface area contributed by atoms with Crippen LogP contribution in [-0.4, -0.2) is 48.3 Å². The van der Waals surface area contributed by atoms with E-state index in [1.165, 1.54) is 30.3 Å². The molecule has 0 spiro atoms. The molecule has 2 heterocycles. The number of para-hydroxylation sites is 1. The van der Waals surface area contributed by atoms with Crippen LogP contribution < -0.4 is 14.9 Å². The third-order valence-corrected chi connectivity index (χ3v) is 6.78. The average molecular weight is 483 g/mol. The van der Waals surface area contributed by atoms with E-state index in [2.05, 4.69) is 20.0 Å². The Bertz CT molecular complexity index is 1290. The van der Waals surface area contributed by atoms with Crippen LogP contribution in [-0.2, 0) is 10.0 Å². The molecule has 1 aromatic heterocycles. The quantitative estimate of drug-likeness (QED) is 0.386. The van der Waals surface area contributed by atoms with E-state index >= 15 is 0 Å². The van der Waals surface area contributed by atoms with E-state index in [0.29, 0.717) is 31.9 Å². The Balaban J connectivity index is 1.44. The highest BCUT2D eigenvalue weighted by Gasteiger charge is 2.25. The molecule has 2 N–H and O–H groups in total. The first-order chi connectivity index (χ1) is 16.3. The lowest BCUT2D eigenvalue weighted by molar-refractivity contribution is -0.385. The standard InChI is InChI=1S/C22H22N6O5S/c29-21(25-16-9-13-27(14-10-16)22-23-11-4-12-24-22)19-7-1-2-8-20(19)26-34(32,33)18-6-3-5-17(15-18)28(30)31/h1-8,11-12,15-16,26H,9-10,13-14H2,(H,25,29). The van der Waals surface area contributed by atoms with E-state index in [4.69, 9.17) is 0 Å². The molecule has 1 amide bonds. The summed E-state index contributed by atoms with van der Waals surface area (Å²) in [4.78, 5) is 33.6. The second kappa shape index (κ2) is 9.83. The van der Waals surface area contributed by atoms with E-state index in [1.807, 2.05) is 4.90 Å². The van der Waals surface area contributed by atoms with Gasteiger partial charge in [0.25, 0.3) is 21.6 Å². The normalized spacial score (nSPS) is 14.4. The number of sulfonamides is 1. The molecule has 1 aliphatic rings. The summed E-state index contributed by atoms with van der Waals surface area (Å²) in [6.45, 7) is 1.35. The first-order valence-corrected chi connectivity index (χ1v) is 12.0. The number of nitrogens with one attached hydrogen (secondary N) is 2. The number of amides is 1. The summed E-state index contributed by atoms with van der Waals surface area (Å²) in [5.74, 6) is 0.236. The number of benzene rings is 2. The first-order valence-electron chi connectivity index (χ1n) is 10.5. The zero-order valence-corrected chi connectivity index (χ0v) is 18.8. The second-order valence-electron chi connectivity index (χ2n) is 7.69. The predicted molar refractivity (Wildman–Crippen MR) is 125 cm³/mol. The van der Waals surface area contributed by atoms with Crippen molar-refractivity contribution < 1.29 is 18.1 Å². The van der Waals surface area contributed by atoms with Gasteiger partial charge < -0.3 is 10.2 Å². The Hall–Kier alpha value is -4.06. The fourth-order valence-corrected chi connectivity index (χ4v) is 4.80. The molecule has 0 aliphatic carbocycles. The van der Waals surface area contributed by atoms with Crippen molar-refractivity contribution in [1.82, 2.24) is 15.3 Å². The van der Waals surface area contributed by atoms with Gasteiger partial charge in [-0.25, -0.2) is 18.4 Å². The molecule has 2 aromatic carbocycles. The molecular formula is C22H22N6O5S. The maximum absolute atomic E-state index is 13.0. The van der Waals surface area contributed by atoms with Gasteiger partial charge in [0.15, 0.2) is 0 Å². The summed E-state index contributed by atoms with van der Waals surface area (Å²) >= 11 is 0. The van der Waals surface area contributed by atoms with Gasteiger partial charge >= 0.3 is 0 Å². The molecule has 1 aliphatic heterocycles. The highest BCUT2D eigenvalue weighted by atomic mass is 32.2. The van der Waals surface area contributed by atoms with Gasteiger partial charge in [0.2, 0.25) is 5.95 Å². The number of piperidine rings is 1. The number of aromatic nitrogens is 2. The zero-order chi connectivity index (χ0) is 24.1. The summed E-state index contributed by atoms with van der Waals surface area (Å²) in [5, 5.41) is 14.0. The van der Waals surface area contributed by atoms with Gasteiger partial charge in [-0.1, -0.05) is 18.2 Å². The van der Waals surface area contributed by atoms with Gasteiger partial charge in [0, 0.05) is 43.7 Å². The summed E-state index contributed by atoms with van der Waals surface area (Å²) in [7, 11) is -4.15. The van der Waals surface area contributed by atoms with Crippen LogP contribution in [0.3, 0.4) is 0 Å². The summed E-state index contributed by atoms with van der Waals surface area (Å²) in [5.41, 5.74) is -0.104. The minimum Gasteiger partial charge on any atom is -0.349 e. The van der Waals surface area contributed by atoms with E-state index in [-0.39, 0.29) is 27.9 Å². The topological polar surface area (TPSA) is 147 Å².